The van der Waals surface area contributed by atoms with Gasteiger partial charge in [-0.3, -0.25) is 0 Å². The van der Waals surface area contributed by atoms with E-state index in [2.05, 4.69) is 247 Å². The molecule has 362 valence electrons. The van der Waals surface area contributed by atoms with Gasteiger partial charge in [-0.1, -0.05) is 172 Å². The second-order valence-electron chi connectivity index (χ2n) is 21.7. The monoisotopic (exact) mass is 971 g/mol. The van der Waals surface area contributed by atoms with Crippen molar-refractivity contribution < 1.29 is 0 Å². The maximum absolute atomic E-state index is 2.67. The molecule has 0 aliphatic rings. The summed E-state index contributed by atoms with van der Waals surface area (Å²) in [6.45, 7) is 14.0. The van der Waals surface area contributed by atoms with Gasteiger partial charge in [-0.25, -0.2) is 0 Å². The third kappa shape index (κ3) is 6.45. The molecule has 0 atom stereocenters. The van der Waals surface area contributed by atoms with E-state index in [0.29, 0.717) is 0 Å². The molecule has 0 aliphatic carbocycles. The molecule has 0 fully saturated rings. The van der Waals surface area contributed by atoms with E-state index in [9.17, 15) is 0 Å². The molecule has 0 saturated heterocycles. The van der Waals surface area contributed by atoms with E-state index in [1.807, 2.05) is 0 Å². The van der Waals surface area contributed by atoms with Crippen molar-refractivity contribution in [2.75, 3.05) is 4.90 Å². The molecule has 15 aromatic rings. The van der Waals surface area contributed by atoms with Crippen LogP contribution in [0.25, 0.3) is 130 Å². The van der Waals surface area contributed by atoms with Crippen LogP contribution in [0, 0.1) is 20.8 Å². The average molecular weight is 972 g/mol. The smallest absolute Gasteiger partial charge is 0.0496 e. The number of nitrogens with zero attached hydrogens (tertiary/aromatic N) is 1. The number of anilines is 3. The highest BCUT2D eigenvalue weighted by atomic mass is 15.2. The van der Waals surface area contributed by atoms with E-state index in [1.54, 1.807) is 0 Å². The summed E-state index contributed by atoms with van der Waals surface area (Å²) in [6, 6.07) is 77.1. The average Bonchev–Trinajstić information content (AvgIpc) is 3.46. The molecule has 1 nitrogen and oxygen atoms in total. The summed E-state index contributed by atoms with van der Waals surface area (Å²) in [5, 5.41) is 23.7. The van der Waals surface area contributed by atoms with Gasteiger partial charge in [-0.05, 0) is 252 Å². The Hall–Kier alpha value is -8.78. The van der Waals surface area contributed by atoms with E-state index in [0.717, 1.165) is 19.3 Å². The highest BCUT2D eigenvalue weighted by Gasteiger charge is 2.27. The first-order valence-corrected chi connectivity index (χ1v) is 27.5. The standard InChI is InChI=1S/C75H57N/c1-7-46-38-62(58-33-31-55-30-27-49-15-10-16-52-32-34-61(58)75(55)70(49)52)43(4)35-67(46)76(68-36-44(5)63(39-47(68)8-2)65-41-56-21-11-17-50-25-28-53-19-13-23-59(65)73(53)71(50)56)69-37-45(6)64(40-48(69)9-3)66-42-57-22-12-18-51-26-29-54-20-14-24-60(66)74(54)72(51)57/h10-42H,7-9H2,1-6H3. The van der Waals surface area contributed by atoms with Crippen LogP contribution < -0.4 is 4.90 Å². The first-order chi connectivity index (χ1) is 37.3. The van der Waals surface area contributed by atoms with Gasteiger partial charge in [0.05, 0.1) is 0 Å². The fourth-order valence-electron chi connectivity index (χ4n) is 13.9. The molecule has 0 heterocycles. The molecule has 76 heavy (non-hydrogen) atoms. The predicted octanol–water partition coefficient (Wildman–Crippen LogP) is 21.5. The van der Waals surface area contributed by atoms with Crippen LogP contribution in [0.2, 0.25) is 0 Å². The van der Waals surface area contributed by atoms with Crippen molar-refractivity contribution in [2.45, 2.75) is 60.8 Å². The molecule has 0 aliphatic heterocycles. The minimum Gasteiger partial charge on any atom is -0.310 e. The van der Waals surface area contributed by atoms with Crippen molar-refractivity contribution in [1.29, 1.82) is 0 Å². The minimum atomic E-state index is 0.879. The Morgan fingerprint density at radius 2 is 0.539 bits per heavy atom. The largest absolute Gasteiger partial charge is 0.310 e. The van der Waals surface area contributed by atoms with Crippen molar-refractivity contribution in [2.24, 2.45) is 0 Å². The lowest BCUT2D eigenvalue weighted by molar-refractivity contribution is 1.06. The second kappa shape index (κ2) is 16.9. The van der Waals surface area contributed by atoms with Gasteiger partial charge in [0.15, 0.2) is 0 Å². The van der Waals surface area contributed by atoms with Gasteiger partial charge in [-0.2, -0.15) is 0 Å². The lowest BCUT2D eigenvalue weighted by atomic mass is 9.85. The molecular formula is C75H57N. The molecule has 1 heteroatoms. The quantitative estimate of drug-likeness (QED) is 0.130. The second-order valence-corrected chi connectivity index (χ2v) is 21.7. The third-order valence-corrected chi connectivity index (χ3v) is 17.6. The van der Waals surface area contributed by atoms with Crippen molar-refractivity contribution in [3.05, 3.63) is 234 Å². The van der Waals surface area contributed by atoms with E-state index in [4.69, 9.17) is 0 Å². The number of hydrogen-bond acceptors (Lipinski definition) is 1. The third-order valence-electron chi connectivity index (χ3n) is 17.6. The molecule has 0 amide bonds. The van der Waals surface area contributed by atoms with Crippen LogP contribution in [0.3, 0.4) is 0 Å². The highest BCUT2D eigenvalue weighted by Crippen LogP contribution is 2.50. The van der Waals surface area contributed by atoms with Crippen LogP contribution in [-0.2, 0) is 19.3 Å². The summed E-state index contributed by atoms with van der Waals surface area (Å²) in [5.41, 5.74) is 19.3. The summed E-state index contributed by atoms with van der Waals surface area (Å²) < 4.78 is 0. The molecule has 0 spiro atoms. The Morgan fingerprint density at radius 3 is 0.934 bits per heavy atom. The number of rotatable bonds is 9. The van der Waals surface area contributed by atoms with Gasteiger partial charge in [0.25, 0.3) is 0 Å². The normalized spacial score (nSPS) is 12.2. The summed E-state index contributed by atoms with van der Waals surface area (Å²) >= 11 is 0. The van der Waals surface area contributed by atoms with Crippen LogP contribution in [-0.4, -0.2) is 0 Å². The minimum absolute atomic E-state index is 0.879. The van der Waals surface area contributed by atoms with Gasteiger partial charge in [-0.15, -0.1) is 0 Å². The summed E-state index contributed by atoms with van der Waals surface area (Å²) in [5.74, 6) is 0. The molecule has 0 saturated carbocycles. The Balaban J connectivity index is 0.970. The first kappa shape index (κ1) is 44.7. The molecule has 15 aromatic carbocycles. The van der Waals surface area contributed by atoms with Gasteiger partial charge < -0.3 is 4.90 Å². The topological polar surface area (TPSA) is 3.24 Å². The van der Waals surface area contributed by atoms with Gasteiger partial charge >= 0.3 is 0 Å². The molecule has 15 rings (SSSR count). The van der Waals surface area contributed by atoms with Crippen LogP contribution >= 0.6 is 0 Å². The number of benzene rings is 15. The van der Waals surface area contributed by atoms with Crippen molar-refractivity contribution in [3.8, 4) is 33.4 Å². The van der Waals surface area contributed by atoms with Gasteiger partial charge in [0.2, 0.25) is 0 Å². The lowest BCUT2D eigenvalue weighted by Gasteiger charge is -2.33. The highest BCUT2D eigenvalue weighted by molar-refractivity contribution is 6.28. The molecule has 0 aromatic heterocycles. The zero-order valence-electron chi connectivity index (χ0n) is 44.1. The molecule has 0 unspecified atom stereocenters. The zero-order valence-corrected chi connectivity index (χ0v) is 44.1. The molecular weight excluding hydrogens is 915 g/mol. The van der Waals surface area contributed by atoms with Crippen LogP contribution in [0.15, 0.2) is 200 Å². The van der Waals surface area contributed by atoms with Crippen LogP contribution in [0.1, 0.15) is 54.2 Å². The van der Waals surface area contributed by atoms with E-state index in [-0.39, 0.29) is 0 Å². The SMILES string of the molecule is CCc1cc(-c2ccc3ccc4cccc5ccc2c3c45)c(C)cc1N(c1cc(C)c(-c2cc3cccc4ccc5cccc2c5c43)cc1CC)c1cc(C)c(-c2cc3cccc4ccc5cccc2c5c43)cc1CC. The molecule has 0 radical (unpaired) electrons. The maximum Gasteiger partial charge on any atom is 0.0496 e. The van der Waals surface area contributed by atoms with E-state index in [1.165, 1.54) is 181 Å². The lowest BCUT2D eigenvalue weighted by Crippen LogP contribution is -2.17. The Bertz CT molecular complexity index is 4640. The van der Waals surface area contributed by atoms with Crippen LogP contribution in [0.5, 0.6) is 0 Å². The fourth-order valence-corrected chi connectivity index (χ4v) is 13.9. The predicted molar refractivity (Wildman–Crippen MR) is 331 cm³/mol. The van der Waals surface area contributed by atoms with E-state index >= 15 is 0 Å². The molecule has 0 N–H and O–H groups in total. The Morgan fingerprint density at radius 1 is 0.250 bits per heavy atom. The van der Waals surface area contributed by atoms with E-state index < -0.39 is 0 Å². The van der Waals surface area contributed by atoms with Gasteiger partial charge in [0.1, 0.15) is 0 Å². The maximum atomic E-state index is 2.67. The van der Waals surface area contributed by atoms with Crippen molar-refractivity contribution in [3.63, 3.8) is 0 Å². The number of aryl methyl sites for hydroxylation is 6. The summed E-state index contributed by atoms with van der Waals surface area (Å²) in [6.07, 6.45) is 2.64. The Labute approximate surface area is 444 Å². The van der Waals surface area contributed by atoms with Crippen LogP contribution in [0.4, 0.5) is 17.1 Å². The fraction of sp³-hybridized carbons (Fsp3) is 0.120. The van der Waals surface area contributed by atoms with Crippen molar-refractivity contribution in [1.82, 2.24) is 0 Å². The van der Waals surface area contributed by atoms with Gasteiger partial charge in [0, 0.05) is 17.1 Å². The molecule has 0 bridgehead atoms. The summed E-state index contributed by atoms with van der Waals surface area (Å²) in [4.78, 5) is 2.67. The Kier molecular flexibility index (Phi) is 9.92. The summed E-state index contributed by atoms with van der Waals surface area (Å²) in [7, 11) is 0. The number of hydrogen-bond donors (Lipinski definition) is 0. The first-order valence-electron chi connectivity index (χ1n) is 27.5. The van der Waals surface area contributed by atoms with Crippen molar-refractivity contribution >= 4 is 114 Å². The zero-order chi connectivity index (χ0) is 51.1.